The number of hydrogen-bond donors (Lipinski definition) is 0. The molecule has 2 aliphatic rings. The smallest absolute Gasteiger partial charge is 0.256 e. The Morgan fingerprint density at radius 1 is 1.47 bits per heavy atom. The molecular weight excluding hydrogens is 247 g/mol. The summed E-state index contributed by atoms with van der Waals surface area (Å²) in [6, 6.07) is 6.06. The summed E-state index contributed by atoms with van der Waals surface area (Å²) in [5.74, 6) is -0.753. The molecule has 19 heavy (non-hydrogen) atoms. The van der Waals surface area contributed by atoms with Crippen molar-refractivity contribution in [1.82, 2.24) is 4.90 Å². The Morgan fingerprint density at radius 2 is 2.26 bits per heavy atom. The molecule has 0 aliphatic carbocycles. The highest BCUT2D eigenvalue weighted by atomic mass is 19.1. The Kier molecular flexibility index (Phi) is 2.77. The van der Waals surface area contributed by atoms with E-state index in [0.717, 1.165) is 18.6 Å². The topological polar surface area (TPSA) is 41.9 Å². The van der Waals surface area contributed by atoms with Crippen LogP contribution in [0.3, 0.4) is 0 Å². The molecule has 1 saturated heterocycles. The molecule has 1 unspecified atom stereocenters. The molecule has 2 heterocycles. The van der Waals surface area contributed by atoms with Crippen molar-refractivity contribution >= 4 is 11.6 Å². The first-order valence-corrected chi connectivity index (χ1v) is 6.35. The van der Waals surface area contributed by atoms with E-state index < -0.39 is 5.82 Å². The molecule has 0 radical (unpaired) electrons. The molecule has 1 aromatic carbocycles. The van der Waals surface area contributed by atoms with Crippen LogP contribution in [0.25, 0.3) is 0 Å². The standard InChI is InChI=1S/C14H15FN2O2/c1-10-8-14(19-16-10)6-7-17(9-14)13(18)11-4-2-3-5-12(11)15/h2-5H,6-9H2,1H3. The van der Waals surface area contributed by atoms with Gasteiger partial charge in [-0.05, 0) is 19.1 Å². The lowest BCUT2D eigenvalue weighted by Gasteiger charge is -2.21. The molecule has 0 aromatic heterocycles. The number of carbonyl (C=O) groups excluding carboxylic acids is 1. The van der Waals surface area contributed by atoms with Gasteiger partial charge >= 0.3 is 0 Å². The number of halogens is 1. The van der Waals surface area contributed by atoms with Gasteiger partial charge in [-0.3, -0.25) is 4.79 Å². The van der Waals surface area contributed by atoms with Gasteiger partial charge in [0.1, 0.15) is 5.82 Å². The molecule has 100 valence electrons. The highest BCUT2D eigenvalue weighted by Crippen LogP contribution is 2.34. The lowest BCUT2D eigenvalue weighted by atomic mass is 9.97. The predicted molar refractivity (Wildman–Crippen MR) is 68.5 cm³/mol. The van der Waals surface area contributed by atoms with Crippen LogP contribution < -0.4 is 0 Å². The molecule has 0 N–H and O–H groups in total. The molecule has 1 aromatic rings. The monoisotopic (exact) mass is 262 g/mol. The molecule has 3 rings (SSSR count). The second-order valence-corrected chi connectivity index (χ2v) is 5.23. The highest BCUT2D eigenvalue weighted by Gasteiger charge is 2.45. The summed E-state index contributed by atoms with van der Waals surface area (Å²) in [4.78, 5) is 19.4. The second kappa shape index (κ2) is 4.33. The maximum atomic E-state index is 13.6. The summed E-state index contributed by atoms with van der Waals surface area (Å²) in [6.07, 6.45) is 1.49. The third-order valence-corrected chi connectivity index (χ3v) is 3.68. The molecular formula is C14H15FN2O2. The first-order chi connectivity index (χ1) is 9.10. The average Bonchev–Trinajstić information content (AvgIpc) is 2.97. The summed E-state index contributed by atoms with van der Waals surface area (Å²) in [5, 5.41) is 3.96. The van der Waals surface area contributed by atoms with Crippen LogP contribution in [0.5, 0.6) is 0 Å². The molecule has 1 fully saturated rings. The zero-order chi connectivity index (χ0) is 13.5. The van der Waals surface area contributed by atoms with Gasteiger partial charge in [0.15, 0.2) is 5.60 Å². The van der Waals surface area contributed by atoms with Crippen LogP contribution in [0.15, 0.2) is 29.4 Å². The van der Waals surface area contributed by atoms with Crippen molar-refractivity contribution in [3.8, 4) is 0 Å². The van der Waals surface area contributed by atoms with Crippen molar-refractivity contribution in [2.45, 2.75) is 25.4 Å². The fraction of sp³-hybridized carbons (Fsp3) is 0.429. The third-order valence-electron chi connectivity index (χ3n) is 3.68. The van der Waals surface area contributed by atoms with E-state index in [0.29, 0.717) is 13.1 Å². The van der Waals surface area contributed by atoms with E-state index in [1.54, 1.807) is 17.0 Å². The average molecular weight is 262 g/mol. The zero-order valence-corrected chi connectivity index (χ0v) is 10.7. The summed E-state index contributed by atoms with van der Waals surface area (Å²) in [6.45, 7) is 2.97. The number of oxime groups is 1. The summed E-state index contributed by atoms with van der Waals surface area (Å²) < 4.78 is 13.6. The summed E-state index contributed by atoms with van der Waals surface area (Å²) in [7, 11) is 0. The first kappa shape index (κ1) is 12.1. The largest absolute Gasteiger partial charge is 0.387 e. The fourth-order valence-electron chi connectivity index (χ4n) is 2.75. The van der Waals surface area contributed by atoms with Gasteiger partial charge in [-0.15, -0.1) is 0 Å². The number of carbonyl (C=O) groups is 1. The second-order valence-electron chi connectivity index (χ2n) is 5.23. The normalized spacial score (nSPS) is 25.6. The van der Waals surface area contributed by atoms with Gasteiger partial charge in [0.2, 0.25) is 0 Å². The molecule has 0 saturated carbocycles. The maximum Gasteiger partial charge on any atom is 0.256 e. The Morgan fingerprint density at radius 3 is 2.95 bits per heavy atom. The van der Waals surface area contributed by atoms with E-state index in [4.69, 9.17) is 4.84 Å². The number of amides is 1. The van der Waals surface area contributed by atoms with Crippen LogP contribution in [0.4, 0.5) is 4.39 Å². The van der Waals surface area contributed by atoms with Gasteiger partial charge in [-0.1, -0.05) is 17.3 Å². The number of rotatable bonds is 1. The van der Waals surface area contributed by atoms with Crippen molar-refractivity contribution in [3.63, 3.8) is 0 Å². The molecule has 1 atom stereocenters. The minimum absolute atomic E-state index is 0.121. The summed E-state index contributed by atoms with van der Waals surface area (Å²) >= 11 is 0. The van der Waals surface area contributed by atoms with Crippen molar-refractivity contribution in [1.29, 1.82) is 0 Å². The maximum absolute atomic E-state index is 13.6. The molecule has 2 aliphatic heterocycles. The van der Waals surface area contributed by atoms with E-state index >= 15 is 0 Å². The van der Waals surface area contributed by atoms with E-state index in [1.807, 2.05) is 6.92 Å². The van der Waals surface area contributed by atoms with Crippen LogP contribution in [-0.2, 0) is 4.84 Å². The van der Waals surface area contributed by atoms with Crippen molar-refractivity contribution in [2.24, 2.45) is 5.16 Å². The Hall–Kier alpha value is -1.91. The quantitative estimate of drug-likeness (QED) is 0.778. The Bertz CT molecular complexity index is 558. The van der Waals surface area contributed by atoms with Crippen molar-refractivity contribution < 1.29 is 14.0 Å². The van der Waals surface area contributed by atoms with Gasteiger partial charge in [0.05, 0.1) is 17.8 Å². The third kappa shape index (κ3) is 2.09. The van der Waals surface area contributed by atoms with Gasteiger partial charge in [-0.25, -0.2) is 4.39 Å². The molecule has 1 spiro atoms. The van der Waals surface area contributed by atoms with Crippen LogP contribution in [-0.4, -0.2) is 35.2 Å². The van der Waals surface area contributed by atoms with E-state index in [2.05, 4.69) is 5.16 Å². The van der Waals surface area contributed by atoms with Crippen LogP contribution in [0.2, 0.25) is 0 Å². The van der Waals surface area contributed by atoms with Gasteiger partial charge in [0.25, 0.3) is 5.91 Å². The number of nitrogens with zero attached hydrogens (tertiary/aromatic N) is 2. The van der Waals surface area contributed by atoms with Crippen molar-refractivity contribution in [3.05, 3.63) is 35.6 Å². The zero-order valence-electron chi connectivity index (χ0n) is 10.7. The minimum Gasteiger partial charge on any atom is -0.387 e. The highest BCUT2D eigenvalue weighted by molar-refractivity contribution is 5.95. The molecule has 1 amide bonds. The van der Waals surface area contributed by atoms with Crippen molar-refractivity contribution in [2.75, 3.05) is 13.1 Å². The minimum atomic E-state index is -0.478. The van der Waals surface area contributed by atoms with Gasteiger partial charge in [0, 0.05) is 19.4 Å². The molecule has 0 bridgehead atoms. The first-order valence-electron chi connectivity index (χ1n) is 6.35. The number of hydrogen-bond acceptors (Lipinski definition) is 3. The van der Waals surface area contributed by atoms with Gasteiger partial charge in [-0.2, -0.15) is 0 Å². The number of benzene rings is 1. The fourth-order valence-corrected chi connectivity index (χ4v) is 2.75. The van der Waals surface area contributed by atoms with Crippen LogP contribution in [0.1, 0.15) is 30.1 Å². The van der Waals surface area contributed by atoms with E-state index in [-0.39, 0.29) is 17.1 Å². The van der Waals surface area contributed by atoms with Crippen LogP contribution >= 0.6 is 0 Å². The molecule has 5 heteroatoms. The number of likely N-dealkylation sites (tertiary alicyclic amines) is 1. The Balaban J connectivity index is 1.75. The van der Waals surface area contributed by atoms with E-state index in [9.17, 15) is 9.18 Å². The Labute approximate surface area is 110 Å². The summed E-state index contributed by atoms with van der Waals surface area (Å²) in [5.41, 5.74) is 0.681. The molecule has 4 nitrogen and oxygen atoms in total. The van der Waals surface area contributed by atoms with Gasteiger partial charge < -0.3 is 9.74 Å². The lowest BCUT2D eigenvalue weighted by molar-refractivity contribution is -0.00920. The van der Waals surface area contributed by atoms with Crippen LogP contribution in [0, 0.1) is 5.82 Å². The predicted octanol–water partition coefficient (Wildman–Crippen LogP) is 2.21. The SMILES string of the molecule is CC1=NOC2(CCN(C(=O)c3ccccc3F)C2)C1. The lowest BCUT2D eigenvalue weighted by Crippen LogP contribution is -2.36. The van der Waals surface area contributed by atoms with E-state index in [1.165, 1.54) is 12.1 Å².